The Bertz CT molecular complexity index is 966. The second-order valence-corrected chi connectivity index (χ2v) is 14.7. The van der Waals surface area contributed by atoms with Gasteiger partial charge in [-0.15, -0.1) is 0 Å². The van der Waals surface area contributed by atoms with Gasteiger partial charge in [0.2, 0.25) is 0 Å². The van der Waals surface area contributed by atoms with Gasteiger partial charge in [0.15, 0.2) is 0 Å². The average molecular weight is 496 g/mol. The van der Waals surface area contributed by atoms with Crippen molar-refractivity contribution in [2.24, 2.45) is 0 Å². The SMILES string of the molecule is CC(C)(C)[Si](C)(C)Oc1ccc(NC(=O)OC2CCN(c3ccc(C(F)(F)F)cc3)CC2)nc1. The van der Waals surface area contributed by atoms with Crippen molar-refractivity contribution < 1.29 is 27.1 Å². The van der Waals surface area contributed by atoms with Gasteiger partial charge >= 0.3 is 12.3 Å². The van der Waals surface area contributed by atoms with Gasteiger partial charge in [0.25, 0.3) is 8.32 Å². The van der Waals surface area contributed by atoms with Gasteiger partial charge in [0.1, 0.15) is 17.7 Å². The molecule has 0 atom stereocenters. The van der Waals surface area contributed by atoms with E-state index in [-0.39, 0.29) is 11.1 Å². The number of carbonyl (C=O) groups excluding carboxylic acids is 1. The van der Waals surface area contributed by atoms with Crippen LogP contribution in [0, 0.1) is 0 Å². The minimum Gasteiger partial charge on any atom is -0.542 e. The van der Waals surface area contributed by atoms with Crippen LogP contribution in [0.2, 0.25) is 18.1 Å². The summed E-state index contributed by atoms with van der Waals surface area (Å²) in [7, 11) is -1.97. The van der Waals surface area contributed by atoms with Crippen LogP contribution in [-0.2, 0) is 10.9 Å². The van der Waals surface area contributed by atoms with Crippen molar-refractivity contribution in [1.82, 2.24) is 4.98 Å². The molecule has 10 heteroatoms. The maximum absolute atomic E-state index is 12.7. The zero-order valence-electron chi connectivity index (χ0n) is 20.2. The molecule has 1 amide bonds. The van der Waals surface area contributed by atoms with Crippen LogP contribution >= 0.6 is 0 Å². The van der Waals surface area contributed by atoms with E-state index in [2.05, 4.69) is 44.2 Å². The molecule has 1 N–H and O–H groups in total. The Balaban J connectivity index is 1.46. The summed E-state index contributed by atoms with van der Waals surface area (Å²) in [4.78, 5) is 18.5. The Kier molecular flexibility index (Phi) is 7.49. The van der Waals surface area contributed by atoms with Crippen LogP contribution in [0.5, 0.6) is 5.75 Å². The summed E-state index contributed by atoms with van der Waals surface area (Å²) in [5.74, 6) is 1.04. The lowest BCUT2D eigenvalue weighted by Gasteiger charge is -2.36. The van der Waals surface area contributed by atoms with Crippen molar-refractivity contribution in [3.05, 3.63) is 48.2 Å². The van der Waals surface area contributed by atoms with Gasteiger partial charge in [-0.3, -0.25) is 5.32 Å². The molecular weight excluding hydrogens is 463 g/mol. The van der Waals surface area contributed by atoms with Crippen molar-refractivity contribution in [2.75, 3.05) is 23.3 Å². The third-order valence-corrected chi connectivity index (χ3v) is 10.8. The van der Waals surface area contributed by atoms with Crippen molar-refractivity contribution in [3.8, 4) is 5.75 Å². The van der Waals surface area contributed by atoms with E-state index < -0.39 is 26.2 Å². The second kappa shape index (κ2) is 9.85. The minimum atomic E-state index is -4.35. The van der Waals surface area contributed by atoms with Gasteiger partial charge in [0, 0.05) is 31.6 Å². The number of anilines is 2. The first-order valence-corrected chi connectivity index (χ1v) is 14.2. The highest BCUT2D eigenvalue weighted by Gasteiger charge is 2.39. The molecule has 1 aromatic heterocycles. The van der Waals surface area contributed by atoms with E-state index in [1.165, 1.54) is 12.1 Å². The smallest absolute Gasteiger partial charge is 0.416 e. The number of aromatic nitrogens is 1. The Morgan fingerprint density at radius 2 is 1.68 bits per heavy atom. The molecule has 186 valence electrons. The van der Waals surface area contributed by atoms with Gasteiger partial charge in [-0.2, -0.15) is 13.2 Å². The highest BCUT2D eigenvalue weighted by molar-refractivity contribution is 6.74. The summed E-state index contributed by atoms with van der Waals surface area (Å²) < 4.78 is 49.9. The molecule has 0 radical (unpaired) electrons. The number of alkyl halides is 3. The van der Waals surface area contributed by atoms with Gasteiger partial charge < -0.3 is 14.1 Å². The lowest BCUT2D eigenvalue weighted by molar-refractivity contribution is -0.137. The van der Waals surface area contributed by atoms with Gasteiger partial charge in [0.05, 0.1) is 11.8 Å². The number of nitrogens with one attached hydrogen (secondary N) is 1. The van der Waals surface area contributed by atoms with Crippen LogP contribution < -0.4 is 14.6 Å². The summed E-state index contributed by atoms with van der Waals surface area (Å²) in [5.41, 5.74) is 0.0550. The van der Waals surface area contributed by atoms with E-state index in [1.807, 2.05) is 4.90 Å². The second-order valence-electron chi connectivity index (χ2n) is 10.0. The summed E-state index contributed by atoms with van der Waals surface area (Å²) in [6.07, 6.45) is -2.44. The fraction of sp³-hybridized carbons (Fsp3) is 0.500. The first kappa shape index (κ1) is 25.9. The molecule has 0 unspecified atom stereocenters. The number of rotatable bonds is 5. The molecule has 0 bridgehead atoms. The average Bonchev–Trinajstić information content (AvgIpc) is 2.74. The summed E-state index contributed by atoms with van der Waals surface area (Å²) >= 11 is 0. The van der Waals surface area contributed by atoms with E-state index in [1.54, 1.807) is 18.3 Å². The number of hydrogen-bond donors (Lipinski definition) is 1. The number of piperidine rings is 1. The molecular formula is C24H32F3N3O3Si. The van der Waals surface area contributed by atoms with E-state index in [0.29, 0.717) is 37.5 Å². The topological polar surface area (TPSA) is 63.7 Å². The maximum atomic E-state index is 12.7. The number of carbonyl (C=O) groups is 1. The molecule has 2 aromatic rings. The lowest BCUT2D eigenvalue weighted by atomic mass is 10.1. The molecule has 34 heavy (non-hydrogen) atoms. The molecule has 1 aliphatic heterocycles. The van der Waals surface area contributed by atoms with Crippen LogP contribution in [0.25, 0.3) is 0 Å². The molecule has 0 aliphatic carbocycles. The number of pyridine rings is 1. The molecule has 1 saturated heterocycles. The first-order valence-electron chi connectivity index (χ1n) is 11.3. The van der Waals surface area contributed by atoms with Crippen LogP contribution in [0.3, 0.4) is 0 Å². The largest absolute Gasteiger partial charge is 0.542 e. The highest BCUT2D eigenvalue weighted by atomic mass is 28.4. The summed E-state index contributed by atoms with van der Waals surface area (Å²) in [5, 5.41) is 2.70. The summed E-state index contributed by atoms with van der Waals surface area (Å²) in [6.45, 7) is 12.0. The molecule has 1 aromatic carbocycles. The van der Waals surface area contributed by atoms with Gasteiger partial charge in [-0.1, -0.05) is 20.8 Å². The highest BCUT2D eigenvalue weighted by Crippen LogP contribution is 2.37. The Hall–Kier alpha value is -2.75. The Labute approximate surface area is 199 Å². The lowest BCUT2D eigenvalue weighted by Crippen LogP contribution is -2.43. The number of ether oxygens (including phenoxy) is 1. The number of amides is 1. The van der Waals surface area contributed by atoms with E-state index in [4.69, 9.17) is 9.16 Å². The zero-order valence-corrected chi connectivity index (χ0v) is 21.2. The monoisotopic (exact) mass is 495 g/mol. The van der Waals surface area contributed by atoms with Crippen LogP contribution in [0.1, 0.15) is 39.2 Å². The van der Waals surface area contributed by atoms with Crippen LogP contribution in [0.4, 0.5) is 29.5 Å². The number of nitrogens with zero attached hydrogens (tertiary/aromatic N) is 2. The molecule has 2 heterocycles. The van der Waals surface area contributed by atoms with Crippen molar-refractivity contribution in [1.29, 1.82) is 0 Å². The van der Waals surface area contributed by atoms with Crippen LogP contribution in [-0.4, -0.2) is 38.6 Å². The predicted molar refractivity (Wildman–Crippen MR) is 129 cm³/mol. The fourth-order valence-corrected chi connectivity index (χ4v) is 4.36. The molecule has 6 nitrogen and oxygen atoms in total. The first-order chi connectivity index (χ1) is 15.7. The quantitative estimate of drug-likeness (QED) is 0.468. The zero-order chi connectivity index (χ0) is 25.1. The van der Waals surface area contributed by atoms with E-state index in [9.17, 15) is 18.0 Å². The molecule has 3 rings (SSSR count). The third kappa shape index (κ3) is 6.65. The summed E-state index contributed by atoms with van der Waals surface area (Å²) in [6, 6.07) is 8.58. The Morgan fingerprint density at radius 3 is 2.18 bits per heavy atom. The van der Waals surface area contributed by atoms with Crippen molar-refractivity contribution in [3.63, 3.8) is 0 Å². The molecule has 0 saturated carbocycles. The van der Waals surface area contributed by atoms with Crippen molar-refractivity contribution >= 4 is 25.9 Å². The van der Waals surface area contributed by atoms with Crippen LogP contribution in [0.15, 0.2) is 42.6 Å². The Morgan fingerprint density at radius 1 is 1.06 bits per heavy atom. The third-order valence-electron chi connectivity index (χ3n) is 6.42. The van der Waals surface area contributed by atoms with Gasteiger partial charge in [-0.05, 0) is 54.5 Å². The number of halogens is 3. The minimum absolute atomic E-state index is 0.0653. The van der Waals surface area contributed by atoms with E-state index >= 15 is 0 Å². The standard InChI is InChI=1S/C24H32F3N3O3Si/c1-23(2,3)34(4,5)33-20-10-11-21(28-16-20)29-22(31)32-19-12-14-30(15-13-19)18-8-6-17(7-9-18)24(25,26)27/h6-11,16,19H,12-15H2,1-5H3,(H,28,29,31). The normalized spacial score (nSPS) is 15.7. The molecule has 1 fully saturated rings. The predicted octanol–water partition coefficient (Wildman–Crippen LogP) is 6.70. The number of hydrogen-bond acceptors (Lipinski definition) is 5. The molecule has 1 aliphatic rings. The number of benzene rings is 1. The van der Waals surface area contributed by atoms with Gasteiger partial charge in [-0.25, -0.2) is 9.78 Å². The van der Waals surface area contributed by atoms with E-state index in [0.717, 1.165) is 17.8 Å². The fourth-order valence-electron chi connectivity index (χ4n) is 3.34. The molecule has 0 spiro atoms. The van der Waals surface area contributed by atoms with Crippen molar-refractivity contribution in [2.45, 2.75) is 64.0 Å². The maximum Gasteiger partial charge on any atom is 0.416 e.